The molecule has 0 unspecified atom stereocenters. The van der Waals surface area contributed by atoms with E-state index in [9.17, 15) is 0 Å². The average Bonchev–Trinajstić information content (AvgIpc) is 2.54. The SMILES string of the molecule is Cc1ccc(C)c(Sc2ccc(N)cc2SN2CCNCC2)c1. The molecule has 1 fully saturated rings. The minimum Gasteiger partial charge on any atom is -0.399 e. The molecular weight excluding hydrogens is 322 g/mol. The van der Waals surface area contributed by atoms with Crippen LogP contribution in [0.1, 0.15) is 11.1 Å². The van der Waals surface area contributed by atoms with Crippen molar-refractivity contribution >= 4 is 29.4 Å². The summed E-state index contributed by atoms with van der Waals surface area (Å²) in [5.74, 6) is 0. The Balaban J connectivity index is 1.84. The van der Waals surface area contributed by atoms with Crippen molar-refractivity contribution in [1.82, 2.24) is 9.62 Å². The molecule has 0 aromatic heterocycles. The van der Waals surface area contributed by atoms with Crippen LogP contribution in [0.3, 0.4) is 0 Å². The lowest BCUT2D eigenvalue weighted by Crippen LogP contribution is -2.39. The van der Waals surface area contributed by atoms with Crippen molar-refractivity contribution in [2.45, 2.75) is 28.5 Å². The first-order valence-electron chi connectivity index (χ1n) is 7.90. The number of rotatable bonds is 4. The predicted molar refractivity (Wildman–Crippen MR) is 101 cm³/mol. The van der Waals surface area contributed by atoms with Gasteiger partial charge in [-0.1, -0.05) is 23.9 Å². The third kappa shape index (κ3) is 4.44. The van der Waals surface area contributed by atoms with Crippen LogP contribution in [-0.2, 0) is 0 Å². The average molecular weight is 346 g/mol. The van der Waals surface area contributed by atoms with E-state index in [4.69, 9.17) is 5.73 Å². The summed E-state index contributed by atoms with van der Waals surface area (Å²) in [6.45, 7) is 8.54. The first-order chi connectivity index (χ1) is 11.1. The summed E-state index contributed by atoms with van der Waals surface area (Å²) in [5, 5.41) is 3.40. The number of hydrogen-bond donors (Lipinski definition) is 2. The fraction of sp³-hybridized carbons (Fsp3) is 0.333. The van der Waals surface area contributed by atoms with Crippen molar-refractivity contribution in [3.63, 3.8) is 0 Å². The third-order valence-corrected chi connectivity index (χ3v) is 6.36. The van der Waals surface area contributed by atoms with Gasteiger partial charge in [0.2, 0.25) is 0 Å². The van der Waals surface area contributed by atoms with Gasteiger partial charge in [0.05, 0.1) is 0 Å². The molecule has 0 atom stereocenters. The molecule has 3 N–H and O–H groups in total. The highest BCUT2D eigenvalue weighted by molar-refractivity contribution is 8.01. The number of nitrogen functional groups attached to an aromatic ring is 1. The molecule has 0 spiro atoms. The second-order valence-corrected chi connectivity index (χ2v) is 8.07. The fourth-order valence-corrected chi connectivity index (χ4v) is 4.72. The Morgan fingerprint density at radius 1 is 0.957 bits per heavy atom. The van der Waals surface area contributed by atoms with Crippen molar-refractivity contribution in [2.24, 2.45) is 0 Å². The molecule has 23 heavy (non-hydrogen) atoms. The van der Waals surface area contributed by atoms with Crippen LogP contribution in [0.25, 0.3) is 0 Å². The summed E-state index contributed by atoms with van der Waals surface area (Å²) in [6.07, 6.45) is 0. The minimum absolute atomic E-state index is 0.827. The van der Waals surface area contributed by atoms with Gasteiger partial charge in [-0.25, -0.2) is 4.31 Å². The Kier molecular flexibility index (Phi) is 5.54. The van der Waals surface area contributed by atoms with Gasteiger partial charge in [0.25, 0.3) is 0 Å². The molecule has 0 saturated carbocycles. The van der Waals surface area contributed by atoms with Crippen molar-refractivity contribution in [1.29, 1.82) is 0 Å². The molecule has 2 aromatic rings. The molecule has 0 amide bonds. The van der Waals surface area contributed by atoms with E-state index in [2.05, 4.69) is 53.8 Å². The number of benzene rings is 2. The minimum atomic E-state index is 0.827. The van der Waals surface area contributed by atoms with Crippen molar-refractivity contribution in [2.75, 3.05) is 31.9 Å². The maximum absolute atomic E-state index is 6.03. The zero-order valence-corrected chi connectivity index (χ0v) is 15.3. The van der Waals surface area contributed by atoms with Gasteiger partial charge >= 0.3 is 0 Å². The summed E-state index contributed by atoms with van der Waals surface area (Å²) in [7, 11) is 0. The summed E-state index contributed by atoms with van der Waals surface area (Å²) < 4.78 is 2.42. The lowest BCUT2D eigenvalue weighted by molar-refractivity contribution is 0.396. The third-order valence-electron chi connectivity index (χ3n) is 3.83. The normalized spacial score (nSPS) is 15.7. The van der Waals surface area contributed by atoms with Gasteiger partial charge in [-0.3, -0.25) is 0 Å². The smallest absolute Gasteiger partial charge is 0.0390 e. The van der Waals surface area contributed by atoms with Gasteiger partial charge in [-0.05, 0) is 61.2 Å². The molecule has 5 heteroatoms. The molecular formula is C18H23N3S2. The maximum Gasteiger partial charge on any atom is 0.0390 e. The lowest BCUT2D eigenvalue weighted by atomic mass is 10.2. The van der Waals surface area contributed by atoms with E-state index in [1.54, 1.807) is 0 Å². The Labute approximate surface area is 147 Å². The molecule has 1 aliphatic heterocycles. The monoisotopic (exact) mass is 345 g/mol. The Morgan fingerprint density at radius 2 is 1.74 bits per heavy atom. The van der Waals surface area contributed by atoms with Crippen LogP contribution in [0.5, 0.6) is 0 Å². The number of hydrogen-bond acceptors (Lipinski definition) is 5. The number of nitrogens with two attached hydrogens (primary N) is 1. The zero-order chi connectivity index (χ0) is 16.2. The van der Waals surface area contributed by atoms with Gasteiger partial charge in [0.1, 0.15) is 0 Å². The van der Waals surface area contributed by atoms with Crippen LogP contribution in [0.2, 0.25) is 0 Å². The van der Waals surface area contributed by atoms with Crippen LogP contribution in [0, 0.1) is 13.8 Å². The van der Waals surface area contributed by atoms with E-state index in [1.807, 2.05) is 29.8 Å². The number of anilines is 1. The first-order valence-corrected chi connectivity index (χ1v) is 9.49. The molecule has 0 aliphatic carbocycles. The Bertz CT molecular complexity index is 682. The van der Waals surface area contributed by atoms with E-state index < -0.39 is 0 Å². The van der Waals surface area contributed by atoms with Crippen molar-refractivity contribution in [3.05, 3.63) is 47.5 Å². The highest BCUT2D eigenvalue weighted by atomic mass is 32.2. The van der Waals surface area contributed by atoms with Gasteiger partial charge in [-0.15, -0.1) is 0 Å². The van der Waals surface area contributed by atoms with Crippen LogP contribution < -0.4 is 11.1 Å². The number of aryl methyl sites for hydroxylation is 2. The van der Waals surface area contributed by atoms with Crippen LogP contribution in [0.15, 0.2) is 51.1 Å². The van der Waals surface area contributed by atoms with Crippen molar-refractivity contribution in [3.8, 4) is 0 Å². The van der Waals surface area contributed by atoms with Gasteiger partial charge in [0.15, 0.2) is 0 Å². The quantitative estimate of drug-likeness (QED) is 0.649. The Hall–Kier alpha value is -1.14. The van der Waals surface area contributed by atoms with E-state index in [0.717, 1.165) is 31.9 Å². The van der Waals surface area contributed by atoms with Gasteiger partial charge in [-0.2, -0.15) is 0 Å². The van der Waals surface area contributed by atoms with Crippen LogP contribution >= 0.6 is 23.7 Å². The van der Waals surface area contributed by atoms with Gasteiger partial charge in [0, 0.05) is 46.6 Å². The second kappa shape index (κ2) is 7.62. The molecule has 1 heterocycles. The van der Waals surface area contributed by atoms with E-state index in [-0.39, 0.29) is 0 Å². The molecule has 2 aromatic carbocycles. The molecule has 1 saturated heterocycles. The maximum atomic E-state index is 6.03. The van der Waals surface area contributed by atoms with Gasteiger partial charge < -0.3 is 11.1 Å². The fourth-order valence-electron chi connectivity index (χ4n) is 2.49. The Morgan fingerprint density at radius 3 is 2.52 bits per heavy atom. The largest absolute Gasteiger partial charge is 0.399 e. The number of nitrogens with zero attached hydrogens (tertiary/aromatic N) is 1. The van der Waals surface area contributed by atoms with E-state index in [1.165, 1.54) is 25.8 Å². The predicted octanol–water partition coefficient (Wildman–Crippen LogP) is 3.95. The highest BCUT2D eigenvalue weighted by Crippen LogP contribution is 2.39. The summed E-state index contributed by atoms with van der Waals surface area (Å²) in [4.78, 5) is 3.84. The number of nitrogens with one attached hydrogen (secondary N) is 1. The molecule has 3 rings (SSSR count). The molecule has 122 valence electrons. The molecule has 0 bridgehead atoms. The molecule has 1 aliphatic rings. The standard InChI is InChI=1S/C18H23N3S2/c1-13-3-4-14(2)17(11-13)22-16-6-5-15(19)12-18(16)23-21-9-7-20-8-10-21/h3-6,11-12,20H,7-10,19H2,1-2H3. The summed E-state index contributed by atoms with van der Waals surface area (Å²) in [6, 6.07) is 12.9. The summed E-state index contributed by atoms with van der Waals surface area (Å²) in [5.41, 5.74) is 9.46. The van der Waals surface area contributed by atoms with Crippen LogP contribution in [0.4, 0.5) is 5.69 Å². The number of piperazine rings is 1. The first kappa shape index (κ1) is 16.7. The van der Waals surface area contributed by atoms with Crippen molar-refractivity contribution < 1.29 is 0 Å². The second-order valence-electron chi connectivity index (χ2n) is 5.85. The zero-order valence-electron chi connectivity index (χ0n) is 13.6. The molecule has 0 radical (unpaired) electrons. The lowest BCUT2D eigenvalue weighted by Gasteiger charge is -2.26. The topological polar surface area (TPSA) is 41.3 Å². The molecule has 3 nitrogen and oxygen atoms in total. The van der Waals surface area contributed by atoms with E-state index >= 15 is 0 Å². The summed E-state index contributed by atoms with van der Waals surface area (Å²) >= 11 is 3.66. The van der Waals surface area contributed by atoms with E-state index in [0.29, 0.717) is 0 Å². The van der Waals surface area contributed by atoms with Crippen LogP contribution in [-0.4, -0.2) is 30.5 Å². The highest BCUT2D eigenvalue weighted by Gasteiger charge is 2.15.